The van der Waals surface area contributed by atoms with E-state index in [1.165, 1.54) is 0 Å². The van der Waals surface area contributed by atoms with Crippen molar-refractivity contribution in [2.75, 3.05) is 0 Å². The summed E-state index contributed by atoms with van der Waals surface area (Å²) < 4.78 is 31.3. The molecule has 0 saturated carbocycles. The molecule has 2 unspecified atom stereocenters. The Morgan fingerprint density at radius 2 is 2.21 bits per heavy atom. The van der Waals surface area contributed by atoms with Gasteiger partial charge in [0.1, 0.15) is 0 Å². The zero-order valence-corrected chi connectivity index (χ0v) is 11.1. The molecule has 1 aliphatic heterocycles. The lowest BCUT2D eigenvalue weighted by Crippen LogP contribution is -2.09. The van der Waals surface area contributed by atoms with Crippen LogP contribution in [0.25, 0.3) is 5.57 Å². The second-order valence-corrected chi connectivity index (χ2v) is 5.53. The maximum atomic E-state index is 8.09. The molecule has 1 aromatic heterocycles. The largest absolute Gasteiger partial charge is 0.257 e. The van der Waals surface area contributed by atoms with Gasteiger partial charge in [-0.05, 0) is 29.3 Å². The Morgan fingerprint density at radius 3 is 3.05 bits per heavy atom. The van der Waals surface area contributed by atoms with Gasteiger partial charge in [0.2, 0.25) is 0 Å². The Bertz CT molecular complexity index is 818. The van der Waals surface area contributed by atoms with Gasteiger partial charge in [-0.25, -0.2) is 0 Å². The van der Waals surface area contributed by atoms with E-state index >= 15 is 0 Å². The van der Waals surface area contributed by atoms with Gasteiger partial charge >= 0.3 is 0 Å². The number of rotatable bonds is 3. The molecule has 0 radical (unpaired) electrons. The summed E-state index contributed by atoms with van der Waals surface area (Å²) in [5.41, 5.74) is 1.92. The smallest absolute Gasteiger partial charge is 0.0840 e. The summed E-state index contributed by atoms with van der Waals surface area (Å²) in [6.45, 7) is 8.00. The third kappa shape index (κ3) is 2.13. The molecular weight excluding hydrogens is 250 g/mol. The molecule has 94 valence electrons. The van der Waals surface area contributed by atoms with E-state index < -0.39 is 0 Å². The highest BCUT2D eigenvalue weighted by atomic mass is 32.2. The van der Waals surface area contributed by atoms with E-state index in [9.17, 15) is 0 Å². The molecule has 0 N–H and O–H groups in total. The Morgan fingerprint density at radius 1 is 1.37 bits per heavy atom. The van der Waals surface area contributed by atoms with Crippen molar-refractivity contribution in [3.63, 3.8) is 0 Å². The van der Waals surface area contributed by atoms with E-state index in [1.807, 2.05) is 30.3 Å². The highest BCUT2D eigenvalue weighted by Gasteiger charge is 2.33. The van der Waals surface area contributed by atoms with E-state index in [4.69, 9.17) is 5.48 Å². The lowest BCUT2D eigenvalue weighted by atomic mass is 9.87. The van der Waals surface area contributed by atoms with E-state index in [-0.39, 0.29) is 41.2 Å². The normalized spacial score (nSPS) is 23.8. The average molecular weight is 269 g/mol. The van der Waals surface area contributed by atoms with Crippen LogP contribution in [0.1, 0.15) is 22.7 Å². The van der Waals surface area contributed by atoms with Gasteiger partial charge in [0.05, 0.1) is 11.2 Å². The zero-order chi connectivity index (χ0) is 16.7. The van der Waals surface area contributed by atoms with Crippen molar-refractivity contribution in [1.29, 1.82) is 0 Å². The highest BCUT2D eigenvalue weighted by molar-refractivity contribution is 8.00. The second-order valence-electron chi connectivity index (χ2n) is 4.31. The van der Waals surface area contributed by atoms with Crippen molar-refractivity contribution in [3.05, 3.63) is 79.1 Å². The number of allylic oxidation sites excluding steroid dienone is 1. The van der Waals surface area contributed by atoms with Gasteiger partial charge in [-0.15, -0.1) is 18.3 Å². The maximum Gasteiger partial charge on any atom is 0.0840 e. The van der Waals surface area contributed by atoms with Crippen LogP contribution >= 0.6 is 11.8 Å². The summed E-state index contributed by atoms with van der Waals surface area (Å²) in [7, 11) is 0. The van der Waals surface area contributed by atoms with Gasteiger partial charge in [-0.2, -0.15) is 0 Å². The number of hydrogen-bond acceptors (Lipinski definition) is 2. The van der Waals surface area contributed by atoms with Gasteiger partial charge in [0, 0.05) is 22.2 Å². The fraction of sp³-hybridized carbons (Fsp3) is 0.118. The summed E-state index contributed by atoms with van der Waals surface area (Å²) in [6, 6.07) is 7.24. The molecule has 2 heteroatoms. The molecule has 3 rings (SSSR count). The molecule has 0 saturated heterocycles. The van der Waals surface area contributed by atoms with Crippen LogP contribution in [0.4, 0.5) is 0 Å². The summed E-state index contributed by atoms with van der Waals surface area (Å²) >= 11 is 1.69. The lowest BCUT2D eigenvalue weighted by molar-refractivity contribution is 0.906. The Balaban J connectivity index is 2.12. The third-order valence-electron chi connectivity index (χ3n) is 3.22. The van der Waals surface area contributed by atoms with E-state index in [2.05, 4.69) is 18.1 Å². The van der Waals surface area contributed by atoms with Crippen LogP contribution in [0.2, 0.25) is 0 Å². The van der Waals surface area contributed by atoms with E-state index in [0.29, 0.717) is 5.57 Å². The molecule has 0 bridgehead atoms. The molecule has 0 spiro atoms. The first kappa shape index (κ1) is 8.39. The number of pyridine rings is 1. The highest BCUT2D eigenvalue weighted by Crippen LogP contribution is 2.50. The van der Waals surface area contributed by atoms with Crippen molar-refractivity contribution in [3.8, 4) is 0 Å². The number of benzene rings is 1. The van der Waals surface area contributed by atoms with Crippen molar-refractivity contribution in [2.24, 2.45) is 0 Å². The molecule has 0 amide bonds. The molecular formula is C17H15NS. The number of hydrogen-bond donors (Lipinski definition) is 0. The van der Waals surface area contributed by atoms with Crippen LogP contribution in [0.15, 0.2) is 72.7 Å². The summed E-state index contributed by atoms with van der Waals surface area (Å²) in [5.74, 6) is -0.0966. The predicted molar refractivity (Wildman–Crippen MR) is 82.3 cm³/mol. The molecule has 1 aromatic carbocycles. The van der Waals surface area contributed by atoms with Gasteiger partial charge in [0.25, 0.3) is 0 Å². The van der Waals surface area contributed by atoms with Crippen LogP contribution in [-0.2, 0) is 0 Å². The summed E-state index contributed by atoms with van der Waals surface area (Å²) in [5, 5.41) is 0.0696. The molecule has 19 heavy (non-hydrogen) atoms. The van der Waals surface area contributed by atoms with E-state index in [0.717, 1.165) is 10.5 Å². The Hall–Kier alpha value is -1.80. The van der Waals surface area contributed by atoms with Crippen molar-refractivity contribution < 1.29 is 5.48 Å². The number of nitrogens with zero attached hydrogens (tertiary/aromatic N) is 1. The zero-order valence-electron chi connectivity index (χ0n) is 14.3. The van der Waals surface area contributed by atoms with Gasteiger partial charge in [-0.1, -0.05) is 36.9 Å². The van der Waals surface area contributed by atoms with Gasteiger partial charge < -0.3 is 0 Å². The lowest BCUT2D eigenvalue weighted by Gasteiger charge is -2.19. The van der Waals surface area contributed by atoms with Crippen LogP contribution in [-0.4, -0.2) is 10.2 Å². The SMILES string of the molecule is [2H]c1nc(C(=C)C2c3ccccc3SC2C=C)c([2H])c([2H])c1[2H]. The quantitative estimate of drug-likeness (QED) is 0.759. The number of fused-ring (bicyclic) bond motifs is 1. The number of thioether (sulfide) groups is 1. The molecule has 2 aromatic rings. The van der Waals surface area contributed by atoms with Crippen LogP contribution in [0.3, 0.4) is 0 Å². The first-order valence-corrected chi connectivity index (χ1v) is 6.85. The summed E-state index contributed by atoms with van der Waals surface area (Å²) in [4.78, 5) is 5.19. The Labute approximate surface area is 123 Å². The first-order chi connectivity index (χ1) is 11.0. The topological polar surface area (TPSA) is 12.9 Å². The minimum atomic E-state index is -0.326. The molecule has 1 aliphatic rings. The fourth-order valence-electron chi connectivity index (χ4n) is 2.34. The fourth-order valence-corrected chi connectivity index (χ4v) is 3.66. The second kappa shape index (κ2) is 5.06. The maximum absolute atomic E-state index is 8.09. The monoisotopic (exact) mass is 269 g/mol. The molecule has 2 heterocycles. The van der Waals surface area contributed by atoms with Crippen LogP contribution < -0.4 is 0 Å². The molecule has 1 nitrogen and oxygen atoms in total. The molecule has 2 atom stereocenters. The van der Waals surface area contributed by atoms with Crippen molar-refractivity contribution in [1.82, 2.24) is 4.98 Å². The minimum absolute atomic E-state index is 0.0696. The third-order valence-corrected chi connectivity index (χ3v) is 4.59. The van der Waals surface area contributed by atoms with Gasteiger partial charge in [-0.3, -0.25) is 4.98 Å². The van der Waals surface area contributed by atoms with Crippen LogP contribution in [0.5, 0.6) is 0 Å². The van der Waals surface area contributed by atoms with Gasteiger partial charge in [0.15, 0.2) is 0 Å². The molecule has 0 fully saturated rings. The molecule has 0 aliphatic carbocycles. The predicted octanol–water partition coefficient (Wildman–Crippen LogP) is 4.54. The van der Waals surface area contributed by atoms with E-state index in [1.54, 1.807) is 11.8 Å². The average Bonchev–Trinajstić information content (AvgIpc) is 2.94. The minimum Gasteiger partial charge on any atom is -0.257 e. The Kier molecular flexibility index (Phi) is 2.23. The standard InChI is InChI=1S/C17H15NS/c1-3-15-17(12(2)14-9-6-7-11-18-14)13-8-4-5-10-16(13)19-15/h3-11,15,17H,1-2H2/i6D,7D,9D,11D. The first-order valence-electron chi connectivity index (χ1n) is 7.97. The van der Waals surface area contributed by atoms with Crippen molar-refractivity contribution in [2.45, 2.75) is 16.1 Å². The van der Waals surface area contributed by atoms with Crippen molar-refractivity contribution >= 4 is 17.3 Å². The van der Waals surface area contributed by atoms with Crippen LogP contribution in [0, 0.1) is 0 Å². The summed E-state index contributed by atoms with van der Waals surface area (Å²) in [6.07, 6.45) is 1.56. The number of aromatic nitrogens is 1.